The van der Waals surface area contributed by atoms with E-state index in [9.17, 15) is 19.8 Å². The van der Waals surface area contributed by atoms with Crippen LogP contribution >= 0.6 is 0 Å². The molecule has 2 aromatic carbocycles. The molecule has 1 fully saturated rings. The summed E-state index contributed by atoms with van der Waals surface area (Å²) in [6.45, 7) is 3.65. The van der Waals surface area contributed by atoms with Crippen molar-refractivity contribution in [1.82, 2.24) is 9.80 Å². The van der Waals surface area contributed by atoms with E-state index in [1.54, 1.807) is 36.4 Å². The smallest absolute Gasteiger partial charge is 0.295 e. The Morgan fingerprint density at radius 1 is 1.12 bits per heavy atom. The Morgan fingerprint density at radius 3 is 2.44 bits per heavy atom. The molecule has 182 valence electrons. The summed E-state index contributed by atoms with van der Waals surface area (Å²) in [5, 5.41) is 21.2. The van der Waals surface area contributed by atoms with Crippen LogP contribution in [0.4, 0.5) is 0 Å². The summed E-state index contributed by atoms with van der Waals surface area (Å²) < 4.78 is 10.8. The lowest BCUT2D eigenvalue weighted by Crippen LogP contribution is -2.32. The van der Waals surface area contributed by atoms with Gasteiger partial charge in [-0.15, -0.1) is 0 Å². The summed E-state index contributed by atoms with van der Waals surface area (Å²) >= 11 is 0. The standard InChI is InChI=1S/C26H32N2O6/c1-5-15-34-19-10-7-17(8-11-19)24(30)22-23(18-9-12-20(29)21(16-18)33-4)28(26(32)25(22)31)14-6-13-27(2)3/h7-12,16,23,29-30H,5-6,13-15H2,1-4H3/b24-22+/t23-/m1/s1. The number of phenolic OH excluding ortho intramolecular Hbond substituents is 1. The number of phenols is 1. The van der Waals surface area contributed by atoms with E-state index in [1.165, 1.54) is 18.1 Å². The number of aliphatic hydroxyl groups excluding tert-OH is 1. The average molecular weight is 469 g/mol. The van der Waals surface area contributed by atoms with Gasteiger partial charge in [0.15, 0.2) is 11.5 Å². The Hall–Kier alpha value is -3.52. The number of nitrogens with zero attached hydrogens (tertiary/aromatic N) is 2. The topological polar surface area (TPSA) is 99.5 Å². The molecule has 0 radical (unpaired) electrons. The SMILES string of the molecule is CCCOc1ccc(/C(O)=C2\C(=O)C(=O)N(CCCN(C)C)[C@@H]2c2ccc(O)c(OC)c2)cc1. The molecule has 1 saturated heterocycles. The molecule has 1 heterocycles. The molecule has 0 saturated carbocycles. The van der Waals surface area contributed by atoms with Gasteiger partial charge in [-0.3, -0.25) is 9.59 Å². The fourth-order valence-corrected chi connectivity index (χ4v) is 3.96. The molecule has 3 rings (SSSR count). The van der Waals surface area contributed by atoms with Crippen molar-refractivity contribution in [2.75, 3.05) is 40.9 Å². The molecular formula is C26H32N2O6. The number of ketones is 1. The lowest BCUT2D eigenvalue weighted by Gasteiger charge is -2.26. The minimum atomic E-state index is -0.812. The van der Waals surface area contributed by atoms with Gasteiger partial charge in [0.25, 0.3) is 11.7 Å². The zero-order valence-electron chi connectivity index (χ0n) is 20.1. The number of aliphatic hydroxyl groups is 1. The second kappa shape index (κ2) is 11.1. The number of amides is 1. The van der Waals surface area contributed by atoms with Gasteiger partial charge in [-0.2, -0.15) is 0 Å². The number of likely N-dealkylation sites (tertiary alicyclic amines) is 1. The van der Waals surface area contributed by atoms with Gasteiger partial charge in [-0.25, -0.2) is 0 Å². The highest BCUT2D eigenvalue weighted by Gasteiger charge is 2.46. The van der Waals surface area contributed by atoms with Crippen molar-refractivity contribution in [3.63, 3.8) is 0 Å². The van der Waals surface area contributed by atoms with Crippen molar-refractivity contribution in [3.05, 3.63) is 59.2 Å². The Morgan fingerprint density at radius 2 is 1.82 bits per heavy atom. The molecule has 1 atom stereocenters. The summed E-state index contributed by atoms with van der Waals surface area (Å²) in [5.74, 6) is -0.854. The predicted molar refractivity (Wildman–Crippen MR) is 129 cm³/mol. The first-order valence-electron chi connectivity index (χ1n) is 11.3. The highest BCUT2D eigenvalue weighted by molar-refractivity contribution is 6.46. The van der Waals surface area contributed by atoms with Crippen LogP contribution in [0.2, 0.25) is 0 Å². The fourth-order valence-electron chi connectivity index (χ4n) is 3.96. The molecule has 0 bridgehead atoms. The summed E-state index contributed by atoms with van der Waals surface area (Å²) in [4.78, 5) is 29.6. The summed E-state index contributed by atoms with van der Waals surface area (Å²) in [5.41, 5.74) is 0.971. The Labute approximate surface area is 200 Å². The summed E-state index contributed by atoms with van der Waals surface area (Å²) in [6.07, 6.45) is 1.52. The number of methoxy groups -OCH3 is 1. The van der Waals surface area contributed by atoms with Gasteiger partial charge in [0.05, 0.1) is 25.3 Å². The van der Waals surface area contributed by atoms with E-state index in [1.807, 2.05) is 25.9 Å². The van der Waals surface area contributed by atoms with E-state index in [4.69, 9.17) is 9.47 Å². The highest BCUT2D eigenvalue weighted by Crippen LogP contribution is 2.41. The molecule has 1 aliphatic heterocycles. The normalized spacial score (nSPS) is 17.4. The van der Waals surface area contributed by atoms with Crippen LogP contribution in [-0.4, -0.2) is 72.6 Å². The molecule has 0 unspecified atom stereocenters. The summed E-state index contributed by atoms with van der Waals surface area (Å²) in [7, 11) is 5.30. The van der Waals surface area contributed by atoms with Gasteiger partial charge in [-0.1, -0.05) is 13.0 Å². The zero-order valence-corrected chi connectivity index (χ0v) is 20.1. The average Bonchev–Trinajstić information content (AvgIpc) is 3.07. The molecule has 34 heavy (non-hydrogen) atoms. The molecule has 0 spiro atoms. The minimum absolute atomic E-state index is 0.00447. The van der Waals surface area contributed by atoms with Crippen molar-refractivity contribution in [2.45, 2.75) is 25.8 Å². The largest absolute Gasteiger partial charge is 0.507 e. The molecule has 8 heteroatoms. The number of ether oxygens (including phenoxy) is 2. The first-order valence-corrected chi connectivity index (χ1v) is 11.3. The highest BCUT2D eigenvalue weighted by atomic mass is 16.5. The van der Waals surface area contributed by atoms with E-state index in [0.29, 0.717) is 36.4 Å². The van der Waals surface area contributed by atoms with E-state index in [2.05, 4.69) is 0 Å². The maximum absolute atomic E-state index is 13.1. The first kappa shape index (κ1) is 25.1. The lowest BCUT2D eigenvalue weighted by atomic mass is 9.95. The molecule has 1 aliphatic rings. The molecule has 8 nitrogen and oxygen atoms in total. The number of carbonyl (C=O) groups is 2. The van der Waals surface area contributed by atoms with E-state index in [0.717, 1.165) is 13.0 Å². The third-order valence-electron chi connectivity index (χ3n) is 5.66. The number of benzene rings is 2. The molecule has 2 N–H and O–H groups in total. The van der Waals surface area contributed by atoms with Crippen LogP contribution in [0.3, 0.4) is 0 Å². The van der Waals surface area contributed by atoms with Crippen LogP contribution in [0.25, 0.3) is 5.76 Å². The first-order chi connectivity index (χ1) is 16.3. The Kier molecular flexibility index (Phi) is 8.17. The number of carbonyl (C=O) groups excluding carboxylic acids is 2. The van der Waals surface area contributed by atoms with Crippen molar-refractivity contribution >= 4 is 17.4 Å². The number of hydrogen-bond acceptors (Lipinski definition) is 7. The van der Waals surface area contributed by atoms with Crippen molar-refractivity contribution in [3.8, 4) is 17.2 Å². The van der Waals surface area contributed by atoms with Crippen molar-refractivity contribution in [1.29, 1.82) is 0 Å². The number of rotatable bonds is 10. The number of Topliss-reactive ketones (excluding diaryl/α,β-unsaturated/α-hetero) is 1. The zero-order chi connectivity index (χ0) is 24.8. The maximum Gasteiger partial charge on any atom is 0.295 e. The summed E-state index contributed by atoms with van der Waals surface area (Å²) in [6, 6.07) is 10.6. The van der Waals surface area contributed by atoms with Gasteiger partial charge in [0.1, 0.15) is 11.5 Å². The number of aromatic hydroxyl groups is 1. The van der Waals surface area contributed by atoms with Crippen molar-refractivity contribution in [2.24, 2.45) is 0 Å². The van der Waals surface area contributed by atoms with Crippen LogP contribution in [0.5, 0.6) is 17.2 Å². The van der Waals surface area contributed by atoms with Crippen molar-refractivity contribution < 1.29 is 29.3 Å². The minimum Gasteiger partial charge on any atom is -0.507 e. The molecule has 1 amide bonds. The van der Waals surface area contributed by atoms with Crippen LogP contribution in [0, 0.1) is 0 Å². The van der Waals surface area contributed by atoms with E-state index in [-0.39, 0.29) is 22.8 Å². The van der Waals surface area contributed by atoms with E-state index < -0.39 is 17.7 Å². The maximum atomic E-state index is 13.1. The van der Waals surface area contributed by atoms with Crippen LogP contribution in [0.1, 0.15) is 36.9 Å². The van der Waals surface area contributed by atoms with Gasteiger partial charge in [0.2, 0.25) is 0 Å². The number of hydrogen-bond donors (Lipinski definition) is 2. The second-order valence-corrected chi connectivity index (χ2v) is 8.45. The quantitative estimate of drug-likeness (QED) is 0.312. The van der Waals surface area contributed by atoms with E-state index >= 15 is 0 Å². The third kappa shape index (κ3) is 5.34. The van der Waals surface area contributed by atoms with Gasteiger partial charge < -0.3 is 29.5 Å². The molecular weight excluding hydrogens is 436 g/mol. The van der Waals surface area contributed by atoms with Crippen LogP contribution < -0.4 is 9.47 Å². The Balaban J connectivity index is 2.06. The van der Waals surface area contributed by atoms with Gasteiger partial charge >= 0.3 is 0 Å². The fraction of sp³-hybridized carbons (Fsp3) is 0.385. The third-order valence-corrected chi connectivity index (χ3v) is 5.66. The van der Waals surface area contributed by atoms with Gasteiger partial charge in [0, 0.05) is 12.1 Å². The second-order valence-electron chi connectivity index (χ2n) is 8.45. The van der Waals surface area contributed by atoms with Crippen LogP contribution in [-0.2, 0) is 9.59 Å². The lowest BCUT2D eigenvalue weighted by molar-refractivity contribution is -0.139. The monoisotopic (exact) mass is 468 g/mol. The molecule has 0 aromatic heterocycles. The van der Waals surface area contributed by atoms with Gasteiger partial charge in [-0.05, 0) is 75.4 Å². The Bertz CT molecular complexity index is 1060. The predicted octanol–water partition coefficient (Wildman–Crippen LogP) is 3.56. The molecule has 0 aliphatic carbocycles. The van der Waals surface area contributed by atoms with Crippen LogP contribution in [0.15, 0.2) is 48.0 Å². The molecule has 2 aromatic rings.